The third kappa shape index (κ3) is 5.88. The molecule has 1 aromatic carbocycles. The Bertz CT molecular complexity index is 2260. The summed E-state index contributed by atoms with van der Waals surface area (Å²) in [5.41, 5.74) is 10.0. The lowest BCUT2D eigenvalue weighted by Gasteiger charge is -2.58. The fourth-order valence-electron chi connectivity index (χ4n) is 14.1. The van der Waals surface area contributed by atoms with Crippen LogP contribution >= 0.6 is 0 Å². The van der Waals surface area contributed by atoms with E-state index in [1.165, 1.54) is 53.9 Å². The van der Waals surface area contributed by atoms with Crippen molar-refractivity contribution in [1.82, 2.24) is 19.5 Å². The van der Waals surface area contributed by atoms with E-state index in [-0.39, 0.29) is 6.29 Å². The molecule has 1 unspecified atom stereocenters. The molecule has 1 saturated heterocycles. The Hall–Kier alpha value is -3.63. The van der Waals surface area contributed by atoms with Crippen LogP contribution in [0.25, 0.3) is 16.8 Å². The van der Waals surface area contributed by atoms with Crippen LogP contribution in [0, 0.1) is 54.3 Å². The standard InChI is InChI=1S/C48H62BF2N5O2/c1-29-24-32(4)55-45(29)44(46-30(2)25-33(5)56(46)49(55,50)51)35-13-11-34(12-14-35)42-28-54(53-52-42)27-31(3)39-17-18-40-38-16-15-36-26-37(58-43-10-8-9-23-57-43)19-21-47(36,6)41(38)20-22-48(39,40)7/h11-15,24-25,28,31,37-41,43H,8-10,16-23,26-27H2,1-7H3/t31-,37+,38+,39-,40+,41+,43?,47+,48-/m1/s1. The highest BCUT2D eigenvalue weighted by Gasteiger charge is 2.60. The molecule has 0 radical (unpaired) electrons. The van der Waals surface area contributed by atoms with Gasteiger partial charge < -0.3 is 27.1 Å². The van der Waals surface area contributed by atoms with Gasteiger partial charge in [-0.25, -0.2) is 0 Å². The largest absolute Gasteiger partial charge is 0.737 e. The molecule has 308 valence electrons. The van der Waals surface area contributed by atoms with Crippen molar-refractivity contribution >= 4 is 18.3 Å². The zero-order valence-electron chi connectivity index (χ0n) is 35.7. The van der Waals surface area contributed by atoms with Crippen molar-refractivity contribution in [3.05, 3.63) is 88.0 Å². The zero-order chi connectivity index (χ0) is 40.3. The minimum Gasteiger partial charge on any atom is -0.393 e. The molecule has 7 nitrogen and oxygen atoms in total. The van der Waals surface area contributed by atoms with Crippen LogP contribution < -0.4 is 0 Å². The highest BCUT2D eigenvalue weighted by Crippen LogP contribution is 2.67. The minimum atomic E-state index is -4.00. The molecule has 4 fully saturated rings. The monoisotopic (exact) mass is 789 g/mol. The zero-order valence-corrected chi connectivity index (χ0v) is 35.7. The Labute approximate surface area is 343 Å². The fraction of sp³-hybridized carbons (Fsp3) is 0.604. The van der Waals surface area contributed by atoms with Gasteiger partial charge >= 0.3 is 6.97 Å². The van der Waals surface area contributed by atoms with Gasteiger partial charge in [-0.05, 0) is 155 Å². The predicted molar refractivity (Wildman–Crippen MR) is 226 cm³/mol. The van der Waals surface area contributed by atoms with Gasteiger partial charge in [0.15, 0.2) is 12.0 Å². The molecule has 10 heteroatoms. The Kier molecular flexibility index (Phi) is 9.29. The highest BCUT2D eigenvalue weighted by atomic mass is 19.2. The molecular weight excluding hydrogens is 727 g/mol. The Morgan fingerprint density at radius 1 is 0.983 bits per heavy atom. The van der Waals surface area contributed by atoms with Crippen LogP contribution in [0.4, 0.5) is 8.63 Å². The summed E-state index contributed by atoms with van der Waals surface area (Å²) in [6.07, 6.45) is 20.4. The first kappa shape index (κ1) is 38.6. The van der Waals surface area contributed by atoms with Crippen molar-refractivity contribution in [2.24, 2.45) is 40.4 Å². The van der Waals surface area contributed by atoms with Crippen molar-refractivity contribution in [3.63, 3.8) is 0 Å². The average Bonchev–Trinajstić information content (AvgIpc) is 3.96. The van der Waals surface area contributed by atoms with Gasteiger partial charge in [0.2, 0.25) is 0 Å². The molecular formula is C48H62BF2N5O2. The van der Waals surface area contributed by atoms with Gasteiger partial charge in [-0.1, -0.05) is 61.9 Å². The number of hydrogen-bond donors (Lipinski definition) is 0. The normalized spacial score (nSPS) is 34.5. The predicted octanol–water partition coefficient (Wildman–Crippen LogP) is 10.9. The topological polar surface area (TPSA) is 57.1 Å². The third-order valence-corrected chi connectivity index (χ3v) is 16.7. The number of rotatable bonds is 7. The lowest BCUT2D eigenvalue weighted by Crippen LogP contribution is -2.51. The number of allylic oxidation sites excluding steroid dienone is 3. The molecule has 7 aliphatic rings. The SMILES string of the molecule is CC1=CC(C)=[N+]2C1=C(c1ccc(-c3cn(C[C@@H](C)[C@H]4CC[C@H]5[C@@H]6CC=C7C[C@@H](OC8CCCCO8)CC[C@]7(C)[C@H]6CC[C@]45C)nn3)cc1)c1c(C)cc(C)n1[B-]2(F)F. The van der Waals surface area contributed by atoms with Gasteiger partial charge in [-0.3, -0.25) is 4.68 Å². The molecule has 10 rings (SSSR count). The number of hydrogen-bond acceptors (Lipinski definition) is 4. The van der Waals surface area contributed by atoms with Crippen LogP contribution in [0.1, 0.15) is 128 Å². The number of aromatic nitrogens is 4. The van der Waals surface area contributed by atoms with Gasteiger partial charge in [0.25, 0.3) is 0 Å². The van der Waals surface area contributed by atoms with E-state index < -0.39 is 6.97 Å². The summed E-state index contributed by atoms with van der Waals surface area (Å²) in [7, 11) is 0. The summed E-state index contributed by atoms with van der Waals surface area (Å²) >= 11 is 0. The summed E-state index contributed by atoms with van der Waals surface area (Å²) in [5, 5.41) is 9.31. The highest BCUT2D eigenvalue weighted by molar-refractivity contribution is 6.58. The van der Waals surface area contributed by atoms with E-state index in [4.69, 9.17) is 9.47 Å². The summed E-state index contributed by atoms with van der Waals surface area (Å²) in [4.78, 5) is 0. The molecule has 3 aromatic rings. The van der Waals surface area contributed by atoms with E-state index in [0.717, 1.165) is 90.1 Å². The smallest absolute Gasteiger partial charge is 0.393 e. The number of benzene rings is 1. The first-order valence-corrected chi connectivity index (χ1v) is 22.5. The second kappa shape index (κ2) is 14.0. The quantitative estimate of drug-likeness (QED) is 0.177. The van der Waals surface area contributed by atoms with E-state index in [2.05, 4.69) is 72.3 Å². The average molecular weight is 790 g/mol. The van der Waals surface area contributed by atoms with E-state index in [9.17, 15) is 0 Å². The molecule has 0 spiro atoms. The molecule has 2 aromatic heterocycles. The van der Waals surface area contributed by atoms with Crippen molar-refractivity contribution in [3.8, 4) is 11.3 Å². The van der Waals surface area contributed by atoms with E-state index in [1.807, 2.05) is 26.0 Å². The maximum atomic E-state index is 16.2. The number of nitrogens with zero attached hydrogens (tertiary/aromatic N) is 5. The van der Waals surface area contributed by atoms with Gasteiger partial charge in [-0.15, -0.1) is 5.10 Å². The Balaban J connectivity index is 0.832. The van der Waals surface area contributed by atoms with Crippen molar-refractivity contribution in [2.45, 2.75) is 138 Å². The van der Waals surface area contributed by atoms with Gasteiger partial charge in [0.05, 0.1) is 17.9 Å². The Morgan fingerprint density at radius 3 is 2.55 bits per heavy atom. The molecule has 3 aliphatic heterocycles. The minimum absolute atomic E-state index is 0.00355. The first-order valence-electron chi connectivity index (χ1n) is 22.5. The second-order valence-electron chi connectivity index (χ2n) is 20.0. The maximum Gasteiger partial charge on any atom is 0.737 e. The molecule has 0 N–H and O–H groups in total. The molecule has 58 heavy (non-hydrogen) atoms. The van der Waals surface area contributed by atoms with Crippen LogP contribution in [0.3, 0.4) is 0 Å². The number of ether oxygens (including phenoxy) is 2. The van der Waals surface area contributed by atoms with Crippen LogP contribution in [0.15, 0.2) is 65.5 Å². The molecule has 5 heterocycles. The lowest BCUT2D eigenvalue weighted by molar-refractivity contribution is -0.363. The van der Waals surface area contributed by atoms with Crippen LogP contribution in [0.2, 0.25) is 0 Å². The molecule has 4 aliphatic carbocycles. The van der Waals surface area contributed by atoms with Gasteiger partial charge in [0.1, 0.15) is 11.4 Å². The molecule has 0 bridgehead atoms. The summed E-state index contributed by atoms with van der Waals surface area (Å²) < 4.78 is 49.4. The second-order valence-corrected chi connectivity index (χ2v) is 20.0. The van der Waals surface area contributed by atoms with E-state index in [0.29, 0.717) is 51.6 Å². The first-order chi connectivity index (χ1) is 27.8. The van der Waals surface area contributed by atoms with Gasteiger partial charge in [0, 0.05) is 43.0 Å². The lowest BCUT2D eigenvalue weighted by atomic mass is 9.47. The summed E-state index contributed by atoms with van der Waals surface area (Å²) in [6.45, 7) is 12.8. The van der Waals surface area contributed by atoms with Crippen molar-refractivity contribution in [1.29, 1.82) is 0 Å². The summed E-state index contributed by atoms with van der Waals surface area (Å²) in [5.74, 6) is 3.51. The fourth-order valence-corrected chi connectivity index (χ4v) is 14.1. The maximum absolute atomic E-state index is 16.2. The van der Waals surface area contributed by atoms with Crippen molar-refractivity contribution in [2.75, 3.05) is 6.61 Å². The number of aryl methyl sites for hydroxylation is 2. The van der Waals surface area contributed by atoms with Gasteiger partial charge in [-0.2, -0.15) is 0 Å². The van der Waals surface area contributed by atoms with Crippen LogP contribution in [0.5, 0.6) is 0 Å². The third-order valence-electron chi connectivity index (χ3n) is 16.7. The van der Waals surface area contributed by atoms with Crippen LogP contribution in [-0.4, -0.2) is 55.6 Å². The number of fused-ring (bicyclic) bond motifs is 7. The van der Waals surface area contributed by atoms with Crippen LogP contribution in [-0.2, 0) is 16.0 Å². The van der Waals surface area contributed by atoms with E-state index >= 15 is 8.63 Å². The molecule has 9 atom stereocenters. The molecule has 3 saturated carbocycles. The summed E-state index contributed by atoms with van der Waals surface area (Å²) in [6, 6.07) is 10.1. The number of halogens is 2. The Morgan fingerprint density at radius 2 is 1.78 bits per heavy atom. The van der Waals surface area contributed by atoms with E-state index in [1.54, 1.807) is 19.4 Å². The molecule has 0 amide bonds. The van der Waals surface area contributed by atoms with Crippen molar-refractivity contribution < 1.29 is 22.6 Å².